The van der Waals surface area contributed by atoms with Crippen LogP contribution in [-0.4, -0.2) is 38.2 Å². The molecular weight excluding hydrogens is 541 g/mol. The average Bonchev–Trinajstić information content (AvgIpc) is 3.52. The summed E-state index contributed by atoms with van der Waals surface area (Å²) in [5, 5.41) is 17.3. The van der Waals surface area contributed by atoms with Crippen LogP contribution in [0.15, 0.2) is 101 Å². The molecule has 0 aliphatic carbocycles. The molecule has 4 aromatic rings. The van der Waals surface area contributed by atoms with Crippen molar-refractivity contribution in [3.63, 3.8) is 0 Å². The Morgan fingerprint density at radius 2 is 1.77 bits per heavy atom. The first-order chi connectivity index (χ1) is 19.3. The first-order valence-electron chi connectivity index (χ1n) is 12.0. The van der Waals surface area contributed by atoms with Gasteiger partial charge in [0.25, 0.3) is 0 Å². The molecule has 12 heteroatoms. The second-order valence-electron chi connectivity index (χ2n) is 8.66. The van der Waals surface area contributed by atoms with Crippen molar-refractivity contribution in [1.29, 1.82) is 0 Å². The van der Waals surface area contributed by atoms with Gasteiger partial charge in [-0.15, -0.1) is 5.10 Å². The number of hydrogen-bond donors (Lipinski definition) is 2. The predicted octanol–water partition coefficient (Wildman–Crippen LogP) is 5.51. The zero-order chi connectivity index (χ0) is 28.1. The molecular formula is C28H21F3N6O2S. The summed E-state index contributed by atoms with van der Waals surface area (Å²) in [5.74, 6) is -1.04. The fourth-order valence-corrected chi connectivity index (χ4v) is 4.82. The summed E-state index contributed by atoms with van der Waals surface area (Å²) in [6.45, 7) is 0. The highest BCUT2D eigenvalue weighted by Gasteiger charge is 2.33. The zero-order valence-electron chi connectivity index (χ0n) is 20.7. The topological polar surface area (TPSA) is 101 Å². The van der Waals surface area contributed by atoms with Gasteiger partial charge in [-0.1, -0.05) is 66.4 Å². The number of amidine groups is 1. The van der Waals surface area contributed by atoms with Gasteiger partial charge in [-0.3, -0.25) is 9.59 Å². The molecule has 0 spiro atoms. The SMILES string of the molecule is O=C(CC1S/C(=N/N=C/c2cn(-c3ccccc3)nc2-c2ccccc2)NC1=O)Nc1cccc(C(F)(F)F)c1. The van der Waals surface area contributed by atoms with Crippen LogP contribution in [0.3, 0.4) is 0 Å². The maximum absolute atomic E-state index is 12.9. The lowest BCUT2D eigenvalue weighted by molar-refractivity contribution is -0.137. The molecule has 2 heterocycles. The molecule has 1 saturated heterocycles. The zero-order valence-corrected chi connectivity index (χ0v) is 21.5. The Morgan fingerprint density at radius 1 is 1.05 bits per heavy atom. The number of carbonyl (C=O) groups excluding carboxylic acids is 2. The normalized spacial score (nSPS) is 16.4. The smallest absolute Gasteiger partial charge is 0.326 e. The number of para-hydroxylation sites is 1. The van der Waals surface area contributed by atoms with Crippen molar-refractivity contribution in [1.82, 2.24) is 15.1 Å². The largest absolute Gasteiger partial charge is 0.416 e. The molecule has 1 atom stereocenters. The van der Waals surface area contributed by atoms with E-state index in [4.69, 9.17) is 5.10 Å². The van der Waals surface area contributed by atoms with Crippen molar-refractivity contribution >= 4 is 40.6 Å². The van der Waals surface area contributed by atoms with Crippen LogP contribution in [0.5, 0.6) is 0 Å². The third-order valence-electron chi connectivity index (χ3n) is 5.78. The quantitative estimate of drug-likeness (QED) is 0.229. The Hall–Kier alpha value is -4.71. The van der Waals surface area contributed by atoms with Crippen molar-refractivity contribution in [3.05, 3.63) is 102 Å². The van der Waals surface area contributed by atoms with Crippen molar-refractivity contribution in [2.75, 3.05) is 5.32 Å². The average molecular weight is 563 g/mol. The Labute approximate surface area is 231 Å². The Balaban J connectivity index is 1.27. The van der Waals surface area contributed by atoms with E-state index in [-0.39, 0.29) is 17.3 Å². The fraction of sp³-hybridized carbons (Fsp3) is 0.107. The molecule has 2 N–H and O–H groups in total. The number of benzene rings is 3. The summed E-state index contributed by atoms with van der Waals surface area (Å²) in [5.41, 5.74) is 2.27. The number of thioether (sulfide) groups is 1. The van der Waals surface area contributed by atoms with Crippen molar-refractivity contribution in [3.8, 4) is 16.9 Å². The monoisotopic (exact) mass is 562 g/mol. The molecule has 8 nitrogen and oxygen atoms in total. The number of nitrogens with one attached hydrogen (secondary N) is 2. The van der Waals surface area contributed by atoms with E-state index in [2.05, 4.69) is 20.8 Å². The molecule has 0 bridgehead atoms. The van der Waals surface area contributed by atoms with Crippen molar-refractivity contribution < 1.29 is 22.8 Å². The number of anilines is 1. The van der Waals surface area contributed by atoms with Crippen LogP contribution < -0.4 is 10.6 Å². The van der Waals surface area contributed by atoms with E-state index in [0.717, 1.165) is 35.1 Å². The minimum atomic E-state index is -4.53. The molecule has 202 valence electrons. The van der Waals surface area contributed by atoms with E-state index in [0.29, 0.717) is 11.3 Å². The van der Waals surface area contributed by atoms with Gasteiger partial charge in [0, 0.05) is 29.4 Å². The van der Waals surface area contributed by atoms with E-state index in [9.17, 15) is 22.8 Å². The maximum atomic E-state index is 12.9. The molecule has 1 aliphatic heterocycles. The minimum Gasteiger partial charge on any atom is -0.326 e. The number of carbonyl (C=O) groups is 2. The molecule has 1 aliphatic rings. The highest BCUT2D eigenvalue weighted by atomic mass is 32.2. The molecule has 2 amide bonds. The number of alkyl halides is 3. The summed E-state index contributed by atoms with van der Waals surface area (Å²) in [7, 11) is 0. The lowest BCUT2D eigenvalue weighted by Crippen LogP contribution is -2.28. The summed E-state index contributed by atoms with van der Waals surface area (Å²) < 4.78 is 40.5. The minimum absolute atomic E-state index is 0.00742. The highest BCUT2D eigenvalue weighted by Crippen LogP contribution is 2.31. The summed E-state index contributed by atoms with van der Waals surface area (Å²) in [6, 6.07) is 23.5. The number of nitrogens with zero attached hydrogens (tertiary/aromatic N) is 4. The van der Waals surface area contributed by atoms with E-state index in [1.807, 2.05) is 66.9 Å². The highest BCUT2D eigenvalue weighted by molar-refractivity contribution is 8.15. The maximum Gasteiger partial charge on any atom is 0.416 e. The van der Waals surface area contributed by atoms with E-state index in [1.54, 1.807) is 4.68 Å². The molecule has 0 saturated carbocycles. The van der Waals surface area contributed by atoms with E-state index >= 15 is 0 Å². The number of amides is 2. The van der Waals surface area contributed by atoms with Gasteiger partial charge in [-0.25, -0.2) is 4.68 Å². The first-order valence-corrected chi connectivity index (χ1v) is 12.9. The third kappa shape index (κ3) is 6.46. The number of aromatic nitrogens is 2. The van der Waals surface area contributed by atoms with Gasteiger partial charge < -0.3 is 10.6 Å². The van der Waals surface area contributed by atoms with Crippen LogP contribution in [0.4, 0.5) is 18.9 Å². The molecule has 40 heavy (non-hydrogen) atoms. The molecule has 5 rings (SSSR count). The lowest BCUT2D eigenvalue weighted by atomic mass is 10.1. The Bertz CT molecular complexity index is 1590. The van der Waals surface area contributed by atoms with Crippen molar-refractivity contribution in [2.24, 2.45) is 10.2 Å². The first kappa shape index (κ1) is 26.9. The van der Waals surface area contributed by atoms with E-state index in [1.165, 1.54) is 18.3 Å². The number of hydrogen-bond acceptors (Lipinski definition) is 6. The van der Waals surface area contributed by atoms with Gasteiger partial charge in [-0.2, -0.15) is 23.4 Å². The van der Waals surface area contributed by atoms with Gasteiger partial charge in [0.15, 0.2) is 5.17 Å². The molecule has 1 aromatic heterocycles. The van der Waals surface area contributed by atoms with Gasteiger partial charge in [-0.05, 0) is 30.3 Å². The Kier molecular flexibility index (Phi) is 7.78. The number of rotatable bonds is 7. The molecule has 3 aromatic carbocycles. The summed E-state index contributed by atoms with van der Waals surface area (Å²) in [4.78, 5) is 24.8. The van der Waals surface area contributed by atoms with Crippen LogP contribution in [0.25, 0.3) is 16.9 Å². The van der Waals surface area contributed by atoms with Crippen LogP contribution in [0, 0.1) is 0 Å². The van der Waals surface area contributed by atoms with Crippen LogP contribution >= 0.6 is 11.8 Å². The standard InChI is InChI=1S/C28H21F3N6O2S/c29-28(30,31)20-10-7-11-21(14-20)33-24(38)15-23-26(39)34-27(40-23)35-32-16-19-17-37(22-12-5-2-6-13-22)36-25(19)18-8-3-1-4-9-18/h1-14,16-17,23H,15H2,(H,33,38)(H,34,35,39)/b32-16+. The molecule has 0 radical (unpaired) electrons. The van der Waals surface area contributed by atoms with Crippen LogP contribution in [0.1, 0.15) is 17.5 Å². The van der Waals surface area contributed by atoms with Gasteiger partial charge in [0.2, 0.25) is 11.8 Å². The lowest BCUT2D eigenvalue weighted by Gasteiger charge is -2.10. The van der Waals surface area contributed by atoms with Gasteiger partial charge in [0.05, 0.1) is 17.5 Å². The fourth-order valence-electron chi connectivity index (χ4n) is 3.90. The van der Waals surface area contributed by atoms with Gasteiger partial charge >= 0.3 is 6.18 Å². The van der Waals surface area contributed by atoms with Gasteiger partial charge in [0.1, 0.15) is 10.9 Å². The Morgan fingerprint density at radius 3 is 2.50 bits per heavy atom. The predicted molar refractivity (Wildman–Crippen MR) is 148 cm³/mol. The second-order valence-corrected chi connectivity index (χ2v) is 9.85. The second kappa shape index (κ2) is 11.6. The molecule has 1 unspecified atom stereocenters. The summed E-state index contributed by atoms with van der Waals surface area (Å²) in [6.07, 6.45) is -1.43. The van der Waals surface area contributed by atoms with E-state index < -0.39 is 28.8 Å². The number of halogens is 3. The molecule has 1 fully saturated rings. The van der Waals surface area contributed by atoms with Crippen molar-refractivity contribution in [2.45, 2.75) is 17.8 Å². The summed E-state index contributed by atoms with van der Waals surface area (Å²) >= 11 is 1.02. The third-order valence-corrected chi connectivity index (χ3v) is 6.85. The van der Waals surface area contributed by atoms with Crippen LogP contribution in [-0.2, 0) is 15.8 Å². The van der Waals surface area contributed by atoms with Crippen LogP contribution in [0.2, 0.25) is 0 Å².